The lowest BCUT2D eigenvalue weighted by atomic mass is 10.0. The summed E-state index contributed by atoms with van der Waals surface area (Å²) in [6.45, 7) is 5.62. The number of pyridine rings is 2. The number of nitrogens with two attached hydrogens (primary N) is 2. The fraction of sp³-hybridized carbons (Fsp3) is 0.167. The summed E-state index contributed by atoms with van der Waals surface area (Å²) in [5.41, 5.74) is 14.6. The first-order valence-corrected chi connectivity index (χ1v) is 10.2. The van der Waals surface area contributed by atoms with Gasteiger partial charge in [-0.25, -0.2) is 9.59 Å². The van der Waals surface area contributed by atoms with E-state index in [2.05, 4.69) is 9.97 Å². The monoisotopic (exact) mass is 446 g/mol. The van der Waals surface area contributed by atoms with Gasteiger partial charge in [0.1, 0.15) is 22.6 Å². The van der Waals surface area contributed by atoms with Crippen molar-refractivity contribution in [2.75, 3.05) is 18.1 Å². The van der Waals surface area contributed by atoms with Crippen molar-refractivity contribution >= 4 is 45.1 Å². The van der Waals surface area contributed by atoms with Crippen LogP contribution in [0.15, 0.2) is 36.5 Å². The van der Waals surface area contributed by atoms with Crippen molar-refractivity contribution in [3.8, 4) is 11.5 Å². The molecular weight excluding hydrogens is 424 g/mol. The van der Waals surface area contributed by atoms with Gasteiger partial charge in [-0.05, 0) is 51.1 Å². The lowest BCUT2D eigenvalue weighted by molar-refractivity contribution is 0.0694. The number of nitrogens with zero attached hydrogens (tertiary/aromatic N) is 2. The van der Waals surface area contributed by atoms with E-state index in [0.29, 0.717) is 45.4 Å². The molecule has 0 unspecified atom stereocenters. The van der Waals surface area contributed by atoms with E-state index in [1.807, 2.05) is 6.92 Å². The minimum atomic E-state index is -1.18. The number of carboxylic acid groups (broad SMARTS) is 1. The molecule has 0 atom stereocenters. The second-order valence-corrected chi connectivity index (χ2v) is 7.46. The highest BCUT2D eigenvalue weighted by atomic mass is 16.5. The third-order valence-corrected chi connectivity index (χ3v) is 5.41. The maximum atomic E-state index is 13.0. The highest BCUT2D eigenvalue weighted by Gasteiger charge is 2.21. The molecule has 33 heavy (non-hydrogen) atoms. The number of fused-ring (bicyclic) bond motifs is 2. The normalized spacial score (nSPS) is 11.0. The number of hydrogen-bond donors (Lipinski definition) is 3. The number of hydrogen-bond acceptors (Lipinski definition) is 8. The molecule has 0 fully saturated rings. The standard InChI is InChI=1S/C24H22N4O5/c1-4-32-13-5-6-16-14(9-13)21(25)15(10-27-16)24(31)33-18-8-7-17-19(11(18)2)22(26)20(23(29)30)12(3)28-17/h5-10H,4H2,1-3H3,(H2,25,27)(H2,26,28)(H,29,30). The molecule has 4 aromatic rings. The zero-order chi connectivity index (χ0) is 23.9. The van der Waals surface area contributed by atoms with E-state index in [0.717, 1.165) is 0 Å². The molecular formula is C24H22N4O5. The molecule has 0 amide bonds. The van der Waals surface area contributed by atoms with E-state index in [1.165, 1.54) is 6.20 Å². The molecule has 2 heterocycles. The Morgan fingerprint density at radius 3 is 2.48 bits per heavy atom. The van der Waals surface area contributed by atoms with E-state index in [1.54, 1.807) is 44.2 Å². The van der Waals surface area contributed by atoms with E-state index >= 15 is 0 Å². The average Bonchev–Trinajstić information content (AvgIpc) is 2.76. The number of aromatic nitrogens is 2. The Bertz CT molecular complexity index is 1450. The molecule has 168 valence electrons. The Morgan fingerprint density at radius 1 is 1.06 bits per heavy atom. The summed E-state index contributed by atoms with van der Waals surface area (Å²) in [4.78, 5) is 33.2. The molecule has 0 bridgehead atoms. The van der Waals surface area contributed by atoms with Crippen LogP contribution in [0.2, 0.25) is 0 Å². The van der Waals surface area contributed by atoms with Crippen molar-refractivity contribution in [1.82, 2.24) is 9.97 Å². The number of ether oxygens (including phenoxy) is 2. The van der Waals surface area contributed by atoms with Gasteiger partial charge in [-0.1, -0.05) is 0 Å². The summed E-state index contributed by atoms with van der Waals surface area (Å²) in [7, 11) is 0. The first kappa shape index (κ1) is 21.8. The fourth-order valence-electron chi connectivity index (χ4n) is 3.81. The Labute approximate surface area is 189 Å². The summed E-state index contributed by atoms with van der Waals surface area (Å²) in [5.74, 6) is -1.06. The van der Waals surface area contributed by atoms with E-state index in [-0.39, 0.29) is 28.3 Å². The summed E-state index contributed by atoms with van der Waals surface area (Å²) in [6, 6.07) is 8.47. The van der Waals surface area contributed by atoms with Crippen LogP contribution in [-0.2, 0) is 0 Å². The fourth-order valence-corrected chi connectivity index (χ4v) is 3.81. The van der Waals surface area contributed by atoms with Crippen LogP contribution in [0, 0.1) is 13.8 Å². The van der Waals surface area contributed by atoms with E-state index in [9.17, 15) is 14.7 Å². The third-order valence-electron chi connectivity index (χ3n) is 5.41. The highest BCUT2D eigenvalue weighted by Crippen LogP contribution is 2.34. The van der Waals surface area contributed by atoms with Crippen LogP contribution in [0.1, 0.15) is 38.9 Å². The molecule has 2 aromatic heterocycles. The lowest BCUT2D eigenvalue weighted by Gasteiger charge is -2.15. The van der Waals surface area contributed by atoms with Gasteiger partial charge in [0.2, 0.25) is 0 Å². The Kier molecular flexibility index (Phi) is 5.47. The van der Waals surface area contributed by atoms with Crippen LogP contribution < -0.4 is 20.9 Å². The number of rotatable bonds is 5. The molecule has 0 saturated heterocycles. The Hall–Kier alpha value is -4.40. The van der Waals surface area contributed by atoms with Crippen LogP contribution >= 0.6 is 0 Å². The summed E-state index contributed by atoms with van der Waals surface area (Å²) in [5, 5.41) is 10.5. The predicted molar refractivity (Wildman–Crippen MR) is 125 cm³/mol. The first-order valence-electron chi connectivity index (χ1n) is 10.2. The maximum absolute atomic E-state index is 13.0. The number of anilines is 2. The molecule has 4 rings (SSSR count). The number of aryl methyl sites for hydroxylation is 2. The molecule has 0 spiro atoms. The van der Waals surface area contributed by atoms with Crippen LogP contribution in [0.5, 0.6) is 11.5 Å². The molecule has 0 aliphatic heterocycles. The van der Waals surface area contributed by atoms with Gasteiger partial charge in [0.15, 0.2) is 0 Å². The largest absolute Gasteiger partial charge is 0.494 e. The van der Waals surface area contributed by atoms with Crippen molar-refractivity contribution < 1.29 is 24.2 Å². The first-order chi connectivity index (χ1) is 15.7. The third kappa shape index (κ3) is 3.73. The zero-order valence-corrected chi connectivity index (χ0v) is 18.3. The summed E-state index contributed by atoms with van der Waals surface area (Å²) >= 11 is 0. The van der Waals surface area contributed by atoms with Gasteiger partial charge in [0.05, 0.1) is 34.7 Å². The molecule has 5 N–H and O–H groups in total. The number of aromatic carboxylic acids is 1. The SMILES string of the molecule is CCOc1ccc2ncc(C(=O)Oc3ccc4nc(C)c(C(=O)O)c(N)c4c3C)c(N)c2c1. The van der Waals surface area contributed by atoms with Crippen molar-refractivity contribution in [1.29, 1.82) is 0 Å². The van der Waals surface area contributed by atoms with E-state index < -0.39 is 11.9 Å². The van der Waals surface area contributed by atoms with Crippen LogP contribution in [0.4, 0.5) is 11.4 Å². The molecule has 0 aliphatic carbocycles. The van der Waals surface area contributed by atoms with Gasteiger partial charge in [-0.15, -0.1) is 0 Å². The molecule has 9 heteroatoms. The highest BCUT2D eigenvalue weighted by molar-refractivity contribution is 6.07. The number of esters is 1. The Morgan fingerprint density at radius 2 is 1.79 bits per heavy atom. The Balaban J connectivity index is 1.76. The zero-order valence-electron chi connectivity index (χ0n) is 18.3. The number of carboxylic acids is 1. The topological polar surface area (TPSA) is 151 Å². The van der Waals surface area contributed by atoms with Gasteiger partial charge in [0, 0.05) is 22.5 Å². The molecule has 0 aliphatic rings. The lowest BCUT2D eigenvalue weighted by Crippen LogP contribution is -2.13. The van der Waals surface area contributed by atoms with Crippen molar-refractivity contribution in [2.45, 2.75) is 20.8 Å². The number of carbonyl (C=O) groups excluding carboxylic acids is 1. The molecule has 9 nitrogen and oxygen atoms in total. The van der Waals surface area contributed by atoms with Gasteiger partial charge in [-0.3, -0.25) is 9.97 Å². The van der Waals surface area contributed by atoms with Gasteiger partial charge in [-0.2, -0.15) is 0 Å². The smallest absolute Gasteiger partial charge is 0.347 e. The molecule has 0 radical (unpaired) electrons. The van der Waals surface area contributed by atoms with Gasteiger partial charge < -0.3 is 26.0 Å². The summed E-state index contributed by atoms with van der Waals surface area (Å²) in [6.07, 6.45) is 1.36. The second-order valence-electron chi connectivity index (χ2n) is 7.46. The number of benzene rings is 2. The van der Waals surface area contributed by atoms with Crippen LogP contribution in [0.25, 0.3) is 21.8 Å². The van der Waals surface area contributed by atoms with Crippen molar-refractivity contribution in [3.63, 3.8) is 0 Å². The average molecular weight is 446 g/mol. The van der Waals surface area contributed by atoms with Gasteiger partial charge >= 0.3 is 11.9 Å². The number of carbonyl (C=O) groups is 2. The minimum absolute atomic E-state index is 0.0655. The molecule has 2 aromatic carbocycles. The second kappa shape index (κ2) is 8.27. The van der Waals surface area contributed by atoms with Crippen LogP contribution in [0.3, 0.4) is 0 Å². The van der Waals surface area contributed by atoms with Crippen molar-refractivity contribution in [2.24, 2.45) is 0 Å². The van der Waals surface area contributed by atoms with Crippen LogP contribution in [-0.4, -0.2) is 33.6 Å². The van der Waals surface area contributed by atoms with Crippen molar-refractivity contribution in [3.05, 3.63) is 58.9 Å². The predicted octanol–water partition coefficient (Wildman–Crippen LogP) is 3.88. The molecule has 0 saturated carbocycles. The number of nitrogen functional groups attached to an aromatic ring is 2. The summed E-state index contributed by atoms with van der Waals surface area (Å²) < 4.78 is 11.1. The van der Waals surface area contributed by atoms with E-state index in [4.69, 9.17) is 20.9 Å². The quantitative estimate of drug-likeness (QED) is 0.306. The van der Waals surface area contributed by atoms with Gasteiger partial charge in [0.25, 0.3) is 0 Å². The maximum Gasteiger partial charge on any atom is 0.347 e. The minimum Gasteiger partial charge on any atom is -0.494 e.